The van der Waals surface area contributed by atoms with Gasteiger partial charge in [-0.05, 0) is 91.9 Å². The highest BCUT2D eigenvalue weighted by Crippen LogP contribution is 2.61. The van der Waals surface area contributed by atoms with E-state index in [4.69, 9.17) is 14.2 Å². The molecule has 1 N–H and O–H groups in total. The second kappa shape index (κ2) is 17.4. The molecule has 2 atom stereocenters. The Morgan fingerprint density at radius 3 is 2.20 bits per heavy atom. The van der Waals surface area contributed by atoms with Crippen LogP contribution in [0, 0.1) is 41.9 Å². The molecule has 2 aliphatic heterocycles. The number of carbonyl (C=O) groups excluding carboxylic acids is 4. The minimum atomic E-state index is -0.637. The third-order valence-electron chi connectivity index (χ3n) is 13.5. The van der Waals surface area contributed by atoms with E-state index in [9.17, 15) is 24.4 Å². The van der Waals surface area contributed by atoms with E-state index >= 15 is 0 Å². The van der Waals surface area contributed by atoms with Crippen LogP contribution in [0.3, 0.4) is 0 Å². The van der Waals surface area contributed by atoms with Gasteiger partial charge in [-0.3, -0.25) is 24.1 Å². The molecule has 0 aromatic heterocycles. The standard InChI is InChI=1S/C48H59N5O7/c1-30-22-36(23-31(2)38(30)27-49)60-46-47(3,4)44(48(46,5)6)26-41(55)32-8-11-34(12-9-32)53-20-21-59-37(29-53)28-51-16-18-52(19-17-51)40-15-10-33(24-43(40)58-7)45(57)50-39-14-13-35(54)25-42(39)56/h8-12,15,22-24,37,39,44,46H,13-14,16-21,25-26,28-29H2,1-7H3,(H,50,57)/t37-,39?,44?,46?/m0/s1. The molecule has 0 bridgehead atoms. The number of anilines is 2. The fourth-order valence-electron chi connectivity index (χ4n) is 10.4. The highest BCUT2D eigenvalue weighted by atomic mass is 16.5. The summed E-state index contributed by atoms with van der Waals surface area (Å²) in [6.07, 6.45) is 0.930. The number of piperazine rings is 1. The molecule has 3 aromatic rings. The monoisotopic (exact) mass is 817 g/mol. The maximum Gasteiger partial charge on any atom is 0.251 e. The lowest BCUT2D eigenvalue weighted by Crippen LogP contribution is -2.66. The number of ketones is 3. The number of rotatable bonds is 12. The highest BCUT2D eigenvalue weighted by Gasteiger charge is 2.63. The van der Waals surface area contributed by atoms with Gasteiger partial charge in [0.05, 0.1) is 49.6 Å². The van der Waals surface area contributed by atoms with Crippen LogP contribution in [-0.4, -0.2) is 106 Å². The van der Waals surface area contributed by atoms with E-state index in [-0.39, 0.29) is 58.6 Å². The van der Waals surface area contributed by atoms with Gasteiger partial charge in [-0.25, -0.2) is 0 Å². The Labute approximate surface area is 354 Å². The molecular formula is C48H59N5O7. The van der Waals surface area contributed by atoms with Crippen LogP contribution in [0.25, 0.3) is 0 Å². The molecular weight excluding hydrogens is 759 g/mol. The highest BCUT2D eigenvalue weighted by molar-refractivity contribution is 6.06. The number of methoxy groups -OCH3 is 1. The van der Waals surface area contributed by atoms with Crippen molar-refractivity contribution in [1.82, 2.24) is 10.2 Å². The Morgan fingerprint density at radius 1 is 0.900 bits per heavy atom. The topological polar surface area (TPSA) is 142 Å². The lowest BCUT2D eigenvalue weighted by atomic mass is 9.44. The van der Waals surface area contributed by atoms with Gasteiger partial charge in [0.25, 0.3) is 5.91 Å². The first-order chi connectivity index (χ1) is 28.6. The predicted molar refractivity (Wildman–Crippen MR) is 230 cm³/mol. The average Bonchev–Trinajstić information content (AvgIpc) is 3.22. The summed E-state index contributed by atoms with van der Waals surface area (Å²) in [7, 11) is 1.59. The molecule has 318 valence electrons. The predicted octanol–water partition coefficient (Wildman–Crippen LogP) is 6.33. The number of ether oxygens (including phenoxy) is 3. The number of aryl methyl sites for hydroxylation is 2. The number of benzene rings is 3. The quantitative estimate of drug-likeness (QED) is 0.162. The molecule has 2 saturated carbocycles. The van der Waals surface area contributed by atoms with Gasteiger partial charge in [-0.15, -0.1) is 0 Å². The summed E-state index contributed by atoms with van der Waals surface area (Å²) >= 11 is 0. The average molecular weight is 818 g/mol. The maximum atomic E-state index is 13.7. The minimum Gasteiger partial charge on any atom is -0.495 e. The van der Waals surface area contributed by atoms with Crippen LogP contribution in [-0.2, 0) is 14.3 Å². The van der Waals surface area contributed by atoms with Crippen molar-refractivity contribution < 1.29 is 33.4 Å². The van der Waals surface area contributed by atoms with Crippen molar-refractivity contribution in [3.63, 3.8) is 0 Å². The van der Waals surface area contributed by atoms with E-state index in [1.54, 1.807) is 19.2 Å². The third kappa shape index (κ3) is 8.79. The third-order valence-corrected chi connectivity index (χ3v) is 13.5. The molecule has 1 unspecified atom stereocenters. The number of morpholine rings is 1. The van der Waals surface area contributed by atoms with Crippen LogP contribution in [0.2, 0.25) is 0 Å². The second-order valence-electron chi connectivity index (χ2n) is 18.3. The summed E-state index contributed by atoms with van der Waals surface area (Å²) in [5.41, 5.74) is 5.20. The fraction of sp³-hybridized carbons (Fsp3) is 0.521. The van der Waals surface area contributed by atoms with Crippen LogP contribution in [0.15, 0.2) is 54.6 Å². The fourth-order valence-corrected chi connectivity index (χ4v) is 10.4. The van der Waals surface area contributed by atoms with Crippen molar-refractivity contribution in [3.8, 4) is 17.6 Å². The van der Waals surface area contributed by atoms with Crippen molar-refractivity contribution in [2.24, 2.45) is 16.7 Å². The van der Waals surface area contributed by atoms with Gasteiger partial charge < -0.3 is 29.3 Å². The Balaban J connectivity index is 0.889. The van der Waals surface area contributed by atoms with Crippen molar-refractivity contribution in [2.45, 2.75) is 85.5 Å². The van der Waals surface area contributed by atoms with Crippen LogP contribution >= 0.6 is 0 Å². The Kier molecular flexibility index (Phi) is 12.4. The smallest absolute Gasteiger partial charge is 0.251 e. The first-order valence-corrected chi connectivity index (χ1v) is 21.3. The Morgan fingerprint density at radius 2 is 1.57 bits per heavy atom. The summed E-state index contributed by atoms with van der Waals surface area (Å²) in [6, 6.07) is 19.0. The SMILES string of the molecule is COc1cc(C(=O)NC2CCC(=O)CC2=O)ccc1N1CCN(C[C@H]2CN(c3ccc(C(=O)CC4C(C)(C)C(Oc5cc(C)c(C#N)c(C)c5)C4(C)C)cc3)CCO2)CC1. The molecule has 7 rings (SSSR count). The van der Waals surface area contributed by atoms with Gasteiger partial charge in [0, 0.05) is 86.3 Å². The lowest BCUT2D eigenvalue weighted by Gasteiger charge is -2.63. The summed E-state index contributed by atoms with van der Waals surface area (Å²) in [5, 5.41) is 12.3. The molecule has 60 heavy (non-hydrogen) atoms. The summed E-state index contributed by atoms with van der Waals surface area (Å²) in [4.78, 5) is 57.6. The minimum absolute atomic E-state index is 0.0449. The largest absolute Gasteiger partial charge is 0.495 e. The number of Topliss-reactive ketones (excluding diaryl/α,β-unsaturated/α-hetero) is 3. The van der Waals surface area contributed by atoms with E-state index in [1.807, 2.05) is 44.2 Å². The van der Waals surface area contributed by atoms with E-state index in [0.717, 1.165) is 79.6 Å². The number of nitrogens with one attached hydrogen (secondary N) is 1. The van der Waals surface area contributed by atoms with Crippen LogP contribution in [0.1, 0.15) is 90.8 Å². The molecule has 4 aliphatic rings. The number of nitriles is 1. The van der Waals surface area contributed by atoms with Gasteiger partial charge in [0.2, 0.25) is 0 Å². The molecule has 4 fully saturated rings. The number of hydrogen-bond acceptors (Lipinski definition) is 11. The zero-order chi connectivity index (χ0) is 42.9. The molecule has 2 aliphatic carbocycles. The van der Waals surface area contributed by atoms with E-state index < -0.39 is 6.04 Å². The van der Waals surface area contributed by atoms with E-state index in [1.165, 1.54) is 0 Å². The zero-order valence-corrected chi connectivity index (χ0v) is 36.1. The maximum absolute atomic E-state index is 13.7. The van der Waals surface area contributed by atoms with Gasteiger partial charge in [-0.2, -0.15) is 5.26 Å². The van der Waals surface area contributed by atoms with Crippen LogP contribution in [0.4, 0.5) is 11.4 Å². The zero-order valence-electron chi connectivity index (χ0n) is 36.1. The van der Waals surface area contributed by atoms with Gasteiger partial charge in [-0.1, -0.05) is 27.7 Å². The summed E-state index contributed by atoms with van der Waals surface area (Å²) in [6.45, 7) is 18.9. The first kappa shape index (κ1) is 42.9. The molecule has 12 heteroatoms. The van der Waals surface area contributed by atoms with Crippen molar-refractivity contribution in [2.75, 3.05) is 69.3 Å². The van der Waals surface area contributed by atoms with Gasteiger partial charge >= 0.3 is 0 Å². The number of nitrogens with zero attached hydrogens (tertiary/aromatic N) is 4. The van der Waals surface area contributed by atoms with Crippen molar-refractivity contribution >= 4 is 34.6 Å². The van der Waals surface area contributed by atoms with E-state index in [0.29, 0.717) is 42.7 Å². The normalized spacial score (nSPS) is 24.0. The first-order valence-electron chi connectivity index (χ1n) is 21.3. The second-order valence-corrected chi connectivity index (χ2v) is 18.3. The number of hydrogen-bond donors (Lipinski definition) is 1. The lowest BCUT2D eigenvalue weighted by molar-refractivity contribution is -0.196. The molecule has 0 radical (unpaired) electrons. The van der Waals surface area contributed by atoms with Crippen LogP contribution in [0.5, 0.6) is 11.5 Å². The van der Waals surface area contributed by atoms with Crippen molar-refractivity contribution in [3.05, 3.63) is 82.4 Å². The molecule has 2 saturated heterocycles. The Hall–Kier alpha value is -5.25. The van der Waals surface area contributed by atoms with Crippen LogP contribution < -0.4 is 24.6 Å². The molecule has 3 aromatic carbocycles. The number of carbonyl (C=O) groups is 4. The Bertz CT molecular complexity index is 2130. The van der Waals surface area contributed by atoms with Gasteiger partial charge in [0.1, 0.15) is 23.4 Å². The van der Waals surface area contributed by atoms with Crippen molar-refractivity contribution in [1.29, 1.82) is 5.26 Å². The van der Waals surface area contributed by atoms with Gasteiger partial charge in [0.15, 0.2) is 11.6 Å². The molecule has 1 amide bonds. The summed E-state index contributed by atoms with van der Waals surface area (Å²) < 4.78 is 18.5. The molecule has 0 spiro atoms. The van der Waals surface area contributed by atoms with E-state index in [2.05, 4.69) is 65.9 Å². The number of amides is 1. The molecule has 12 nitrogen and oxygen atoms in total. The summed E-state index contributed by atoms with van der Waals surface area (Å²) in [5.74, 6) is 0.975. The molecule has 2 heterocycles.